The van der Waals surface area contributed by atoms with Gasteiger partial charge >= 0.3 is 0 Å². The quantitative estimate of drug-likeness (QED) is 0.739. The number of carbonyl (C=O) groups excluding carboxylic acids is 1. The van der Waals surface area contributed by atoms with E-state index in [0.29, 0.717) is 5.69 Å². The summed E-state index contributed by atoms with van der Waals surface area (Å²) < 4.78 is 1.91. The van der Waals surface area contributed by atoms with Gasteiger partial charge in [0.1, 0.15) is 5.65 Å². The summed E-state index contributed by atoms with van der Waals surface area (Å²) in [4.78, 5) is 20.0. The molecule has 0 unspecified atom stereocenters. The predicted octanol–water partition coefficient (Wildman–Crippen LogP) is 2.38. The smallest absolute Gasteiger partial charge is 0.248 e. The van der Waals surface area contributed by atoms with Gasteiger partial charge in [-0.3, -0.25) is 9.78 Å². The molecule has 3 heterocycles. The van der Waals surface area contributed by atoms with Gasteiger partial charge in [-0.05, 0) is 30.3 Å². The van der Waals surface area contributed by atoms with Gasteiger partial charge in [-0.25, -0.2) is 4.98 Å². The summed E-state index contributed by atoms with van der Waals surface area (Å²) in [5.41, 5.74) is 2.36. The van der Waals surface area contributed by atoms with E-state index in [9.17, 15) is 4.79 Å². The van der Waals surface area contributed by atoms with E-state index in [-0.39, 0.29) is 5.91 Å². The van der Waals surface area contributed by atoms with Crippen molar-refractivity contribution in [3.8, 4) is 0 Å². The maximum atomic E-state index is 11.8. The molecule has 0 saturated heterocycles. The van der Waals surface area contributed by atoms with Gasteiger partial charge in [-0.15, -0.1) is 0 Å². The minimum atomic E-state index is -0.205. The van der Waals surface area contributed by atoms with E-state index < -0.39 is 0 Å². The number of rotatable bonds is 3. The van der Waals surface area contributed by atoms with Crippen LogP contribution in [-0.4, -0.2) is 20.3 Å². The van der Waals surface area contributed by atoms with Crippen molar-refractivity contribution in [1.29, 1.82) is 0 Å². The third kappa shape index (κ3) is 2.56. The maximum absolute atomic E-state index is 11.8. The van der Waals surface area contributed by atoms with E-state index in [2.05, 4.69) is 15.3 Å². The van der Waals surface area contributed by atoms with Crippen LogP contribution in [0.4, 0.5) is 5.69 Å². The molecule has 20 heavy (non-hydrogen) atoms. The van der Waals surface area contributed by atoms with Crippen LogP contribution < -0.4 is 5.32 Å². The number of fused-ring (bicyclic) bond motifs is 1. The normalized spacial score (nSPS) is 11.0. The molecule has 0 aliphatic carbocycles. The Morgan fingerprint density at radius 3 is 3.00 bits per heavy atom. The van der Waals surface area contributed by atoms with Gasteiger partial charge < -0.3 is 9.72 Å². The van der Waals surface area contributed by atoms with Crippen molar-refractivity contribution < 1.29 is 4.79 Å². The van der Waals surface area contributed by atoms with E-state index >= 15 is 0 Å². The molecule has 0 bridgehead atoms. The molecule has 5 nitrogen and oxygen atoms in total. The van der Waals surface area contributed by atoms with Crippen LogP contribution in [0, 0.1) is 0 Å². The summed E-state index contributed by atoms with van der Waals surface area (Å²) in [7, 11) is 0. The lowest BCUT2D eigenvalue weighted by Gasteiger charge is -2.00. The van der Waals surface area contributed by atoms with Crippen LogP contribution >= 0.6 is 0 Å². The van der Waals surface area contributed by atoms with Crippen molar-refractivity contribution in [3.05, 3.63) is 66.9 Å². The van der Waals surface area contributed by atoms with Gasteiger partial charge in [0.15, 0.2) is 0 Å². The second kappa shape index (κ2) is 5.36. The highest BCUT2D eigenvalue weighted by atomic mass is 16.1. The van der Waals surface area contributed by atoms with Crippen LogP contribution in [0.15, 0.2) is 61.2 Å². The lowest BCUT2D eigenvalue weighted by atomic mass is 10.3. The minimum Gasteiger partial charge on any atom is -0.321 e. The van der Waals surface area contributed by atoms with E-state index in [1.165, 1.54) is 6.08 Å². The van der Waals surface area contributed by atoms with Crippen molar-refractivity contribution >= 4 is 23.3 Å². The number of imidazole rings is 1. The molecule has 1 amide bonds. The van der Waals surface area contributed by atoms with Crippen molar-refractivity contribution in [2.24, 2.45) is 0 Å². The molecule has 0 saturated carbocycles. The lowest BCUT2D eigenvalue weighted by molar-refractivity contribution is -0.111. The molecule has 0 aromatic carbocycles. The first-order chi connectivity index (χ1) is 9.83. The van der Waals surface area contributed by atoms with Crippen LogP contribution in [0.25, 0.3) is 11.7 Å². The van der Waals surface area contributed by atoms with E-state index in [0.717, 1.165) is 11.3 Å². The monoisotopic (exact) mass is 264 g/mol. The summed E-state index contributed by atoms with van der Waals surface area (Å²) in [6.45, 7) is 0. The second-order valence-corrected chi connectivity index (χ2v) is 4.18. The number of carbonyl (C=O) groups is 1. The number of nitrogens with one attached hydrogen (secondary N) is 1. The zero-order chi connectivity index (χ0) is 13.8. The maximum Gasteiger partial charge on any atom is 0.248 e. The van der Waals surface area contributed by atoms with Gasteiger partial charge in [0.25, 0.3) is 0 Å². The summed E-state index contributed by atoms with van der Waals surface area (Å²) in [5.74, 6) is -0.205. The van der Waals surface area contributed by atoms with Gasteiger partial charge in [-0.1, -0.05) is 6.07 Å². The highest BCUT2D eigenvalue weighted by Gasteiger charge is 2.00. The number of hydrogen-bond acceptors (Lipinski definition) is 3. The van der Waals surface area contributed by atoms with Gasteiger partial charge in [-0.2, -0.15) is 0 Å². The lowest BCUT2D eigenvalue weighted by Crippen LogP contribution is -2.07. The zero-order valence-corrected chi connectivity index (χ0v) is 10.6. The number of hydrogen-bond donors (Lipinski definition) is 1. The molecule has 0 atom stereocenters. The molecular weight excluding hydrogens is 252 g/mol. The summed E-state index contributed by atoms with van der Waals surface area (Å²) in [6.07, 6.45) is 10.1. The summed E-state index contributed by atoms with van der Waals surface area (Å²) in [5, 5.41) is 2.73. The van der Waals surface area contributed by atoms with E-state index in [4.69, 9.17) is 0 Å². The van der Waals surface area contributed by atoms with Gasteiger partial charge in [0, 0.05) is 18.5 Å². The fraction of sp³-hybridized carbons (Fsp3) is 0. The first-order valence-corrected chi connectivity index (χ1v) is 6.14. The molecule has 98 valence electrons. The summed E-state index contributed by atoms with van der Waals surface area (Å²) >= 11 is 0. The Morgan fingerprint density at radius 2 is 2.15 bits per heavy atom. The molecule has 3 aromatic rings. The molecule has 0 aliphatic rings. The standard InChI is InChI=1S/C15H12N4O/c20-15(18-12-4-3-8-16-10-12)7-6-13-11-17-14-5-1-2-9-19(13)14/h1-11H,(H,18,20)/b7-6+. The molecule has 0 spiro atoms. The van der Waals surface area contributed by atoms with Crippen molar-refractivity contribution in [2.75, 3.05) is 5.32 Å². The van der Waals surface area contributed by atoms with Crippen LogP contribution in [0.1, 0.15) is 5.69 Å². The van der Waals surface area contributed by atoms with Crippen molar-refractivity contribution in [2.45, 2.75) is 0 Å². The Labute approximate surface area is 115 Å². The molecule has 5 heteroatoms. The fourth-order valence-electron chi connectivity index (χ4n) is 1.86. The number of aromatic nitrogens is 3. The second-order valence-electron chi connectivity index (χ2n) is 4.18. The van der Waals surface area contributed by atoms with Gasteiger partial charge in [0.05, 0.1) is 23.8 Å². The topological polar surface area (TPSA) is 59.3 Å². The molecular formula is C15H12N4O. The Kier molecular flexibility index (Phi) is 3.24. The predicted molar refractivity (Wildman–Crippen MR) is 77.1 cm³/mol. The molecule has 0 aliphatic heterocycles. The average Bonchev–Trinajstić information content (AvgIpc) is 2.89. The van der Waals surface area contributed by atoms with Crippen LogP contribution in [0.2, 0.25) is 0 Å². The Balaban J connectivity index is 1.75. The first kappa shape index (κ1) is 12.1. The molecule has 1 N–H and O–H groups in total. The number of pyridine rings is 2. The summed E-state index contributed by atoms with van der Waals surface area (Å²) in [6, 6.07) is 9.30. The van der Waals surface area contributed by atoms with Crippen molar-refractivity contribution in [3.63, 3.8) is 0 Å². The Morgan fingerprint density at radius 1 is 1.20 bits per heavy atom. The first-order valence-electron chi connectivity index (χ1n) is 6.14. The highest BCUT2D eigenvalue weighted by Crippen LogP contribution is 2.08. The SMILES string of the molecule is O=C(/C=C/c1cnc2ccccn12)Nc1cccnc1. The van der Waals surface area contributed by atoms with E-state index in [1.807, 2.05) is 28.8 Å². The largest absolute Gasteiger partial charge is 0.321 e. The van der Waals surface area contributed by atoms with Crippen molar-refractivity contribution in [1.82, 2.24) is 14.4 Å². The van der Waals surface area contributed by atoms with E-state index in [1.54, 1.807) is 36.8 Å². The fourth-order valence-corrected chi connectivity index (χ4v) is 1.86. The number of amides is 1. The molecule has 0 fully saturated rings. The Bertz CT molecular complexity index is 762. The molecule has 0 radical (unpaired) electrons. The molecule has 3 rings (SSSR count). The average molecular weight is 264 g/mol. The zero-order valence-electron chi connectivity index (χ0n) is 10.6. The van der Waals surface area contributed by atoms with Crippen LogP contribution in [0.3, 0.4) is 0 Å². The molecule has 3 aromatic heterocycles. The van der Waals surface area contributed by atoms with Gasteiger partial charge in [0.2, 0.25) is 5.91 Å². The highest BCUT2D eigenvalue weighted by molar-refractivity contribution is 6.01. The Hall–Kier alpha value is -2.95. The third-order valence-corrected chi connectivity index (χ3v) is 2.78. The van der Waals surface area contributed by atoms with Crippen LogP contribution in [0.5, 0.6) is 0 Å². The number of nitrogens with zero attached hydrogens (tertiary/aromatic N) is 3. The number of anilines is 1. The minimum absolute atomic E-state index is 0.205. The van der Waals surface area contributed by atoms with Crippen LogP contribution in [-0.2, 0) is 4.79 Å². The third-order valence-electron chi connectivity index (χ3n) is 2.78.